The molecule has 1 N–H and O–H groups in total. The topological polar surface area (TPSA) is 55.4 Å². The molecule has 5 atom stereocenters. The Labute approximate surface area is 199 Å². The Morgan fingerprint density at radius 1 is 1.03 bits per heavy atom. The van der Waals surface area contributed by atoms with Crippen LogP contribution in [0, 0.1) is 42.9 Å². The molecule has 0 aromatic heterocycles. The SMILES string of the molecule is Cc1ccc(C23C[C@H]4C[C@@H](CC(C(=O)OCC(=O)N[C@@H]5CCC[C@H](C)[C@H]5C)(C4)C2)C3)cc1C. The molecule has 4 nitrogen and oxygen atoms in total. The minimum absolute atomic E-state index is 0.0947. The van der Waals surface area contributed by atoms with Gasteiger partial charge < -0.3 is 10.1 Å². The third-order valence-electron chi connectivity index (χ3n) is 10.0. The molecule has 0 saturated heterocycles. The Morgan fingerprint density at radius 2 is 1.76 bits per heavy atom. The van der Waals surface area contributed by atoms with Gasteiger partial charge >= 0.3 is 5.97 Å². The maximum absolute atomic E-state index is 13.5. The fraction of sp³-hybridized carbons (Fsp3) is 0.724. The van der Waals surface area contributed by atoms with Crippen molar-refractivity contribution in [1.29, 1.82) is 0 Å². The molecule has 0 heterocycles. The number of aryl methyl sites for hydroxylation is 2. The van der Waals surface area contributed by atoms with Gasteiger partial charge in [0, 0.05) is 6.04 Å². The average Bonchev–Trinajstić information content (AvgIpc) is 2.76. The predicted octanol–water partition coefficient (Wildman–Crippen LogP) is 5.63. The van der Waals surface area contributed by atoms with Crippen LogP contribution in [0.1, 0.15) is 88.3 Å². The van der Waals surface area contributed by atoms with E-state index in [1.54, 1.807) is 0 Å². The minimum atomic E-state index is -0.407. The van der Waals surface area contributed by atoms with Crippen LogP contribution >= 0.6 is 0 Å². The molecule has 1 amide bonds. The van der Waals surface area contributed by atoms with Gasteiger partial charge in [0.2, 0.25) is 0 Å². The van der Waals surface area contributed by atoms with E-state index in [1.165, 1.54) is 42.4 Å². The number of rotatable bonds is 5. The number of nitrogens with one attached hydrogen (secondary N) is 1. The molecule has 5 aliphatic carbocycles. The molecule has 0 unspecified atom stereocenters. The van der Waals surface area contributed by atoms with Crippen LogP contribution in [0.25, 0.3) is 0 Å². The van der Waals surface area contributed by atoms with E-state index in [0.717, 1.165) is 32.1 Å². The summed E-state index contributed by atoms with van der Waals surface area (Å²) in [5, 5.41) is 3.16. The largest absolute Gasteiger partial charge is 0.455 e. The van der Waals surface area contributed by atoms with Crippen LogP contribution in [-0.2, 0) is 19.7 Å². The number of esters is 1. The molecular weight excluding hydrogens is 410 g/mol. The Hall–Kier alpha value is -1.84. The molecule has 1 aromatic rings. The number of benzene rings is 1. The quantitative estimate of drug-likeness (QED) is 0.591. The van der Waals surface area contributed by atoms with E-state index in [2.05, 4.69) is 51.2 Å². The number of ether oxygens (including phenoxy) is 1. The Morgan fingerprint density at radius 3 is 2.45 bits per heavy atom. The number of hydrogen-bond acceptors (Lipinski definition) is 3. The molecule has 5 saturated carbocycles. The summed E-state index contributed by atoms with van der Waals surface area (Å²) >= 11 is 0. The second-order valence-corrected chi connectivity index (χ2v) is 12.3. The second-order valence-electron chi connectivity index (χ2n) is 12.3. The summed E-state index contributed by atoms with van der Waals surface area (Å²) in [5.41, 5.74) is 3.76. The van der Waals surface area contributed by atoms with Crippen molar-refractivity contribution in [3.05, 3.63) is 34.9 Å². The first-order chi connectivity index (χ1) is 15.7. The summed E-state index contributed by atoms with van der Waals surface area (Å²) in [6.07, 6.45) is 9.81. The van der Waals surface area contributed by atoms with Gasteiger partial charge in [0.1, 0.15) is 0 Å². The first-order valence-electron chi connectivity index (χ1n) is 13.2. The van der Waals surface area contributed by atoms with Crippen molar-refractivity contribution in [2.24, 2.45) is 29.1 Å². The Kier molecular flexibility index (Phi) is 5.86. The van der Waals surface area contributed by atoms with Crippen LogP contribution in [0.4, 0.5) is 0 Å². The van der Waals surface area contributed by atoms with E-state index in [-0.39, 0.29) is 29.9 Å². The molecule has 0 spiro atoms. The van der Waals surface area contributed by atoms with Gasteiger partial charge in [0.15, 0.2) is 6.61 Å². The van der Waals surface area contributed by atoms with Crippen LogP contribution in [0.3, 0.4) is 0 Å². The number of carbonyl (C=O) groups is 2. The molecule has 4 bridgehead atoms. The first kappa shape index (κ1) is 22.9. The summed E-state index contributed by atoms with van der Waals surface area (Å²) in [5.74, 6) is 2.03. The van der Waals surface area contributed by atoms with E-state index in [0.29, 0.717) is 23.7 Å². The first-order valence-corrected chi connectivity index (χ1v) is 13.2. The van der Waals surface area contributed by atoms with Crippen LogP contribution in [-0.4, -0.2) is 24.5 Å². The van der Waals surface area contributed by atoms with Gasteiger partial charge in [0.05, 0.1) is 5.41 Å². The van der Waals surface area contributed by atoms with Crippen molar-refractivity contribution in [2.45, 2.75) is 96.9 Å². The third-order valence-corrected chi connectivity index (χ3v) is 10.0. The highest BCUT2D eigenvalue weighted by Crippen LogP contribution is 2.66. The Balaban J connectivity index is 1.27. The highest BCUT2D eigenvalue weighted by Gasteiger charge is 2.61. The molecular formula is C29H41NO3. The lowest BCUT2D eigenvalue weighted by atomic mass is 9.43. The average molecular weight is 452 g/mol. The molecule has 5 fully saturated rings. The molecule has 33 heavy (non-hydrogen) atoms. The van der Waals surface area contributed by atoms with Crippen LogP contribution in [0.2, 0.25) is 0 Å². The van der Waals surface area contributed by atoms with E-state index in [1.807, 2.05) is 0 Å². The molecule has 6 rings (SSSR count). The van der Waals surface area contributed by atoms with Gasteiger partial charge in [-0.3, -0.25) is 9.59 Å². The number of amides is 1. The minimum Gasteiger partial charge on any atom is -0.455 e. The third kappa shape index (κ3) is 4.12. The summed E-state index contributed by atoms with van der Waals surface area (Å²) in [4.78, 5) is 26.2. The van der Waals surface area contributed by atoms with E-state index in [4.69, 9.17) is 4.74 Å². The van der Waals surface area contributed by atoms with Gasteiger partial charge in [-0.15, -0.1) is 0 Å². The predicted molar refractivity (Wildman–Crippen MR) is 130 cm³/mol. The molecule has 5 aliphatic rings. The van der Waals surface area contributed by atoms with Crippen molar-refractivity contribution in [2.75, 3.05) is 6.61 Å². The molecule has 0 aliphatic heterocycles. The number of carbonyl (C=O) groups excluding carboxylic acids is 2. The monoisotopic (exact) mass is 451 g/mol. The van der Waals surface area contributed by atoms with Crippen LogP contribution in [0.5, 0.6) is 0 Å². The van der Waals surface area contributed by atoms with Crippen molar-refractivity contribution in [3.63, 3.8) is 0 Å². The van der Waals surface area contributed by atoms with Crippen molar-refractivity contribution < 1.29 is 14.3 Å². The normalized spacial score (nSPS) is 39.3. The summed E-state index contributed by atoms with van der Waals surface area (Å²) < 4.78 is 5.77. The summed E-state index contributed by atoms with van der Waals surface area (Å²) in [6.45, 7) is 8.71. The zero-order valence-corrected chi connectivity index (χ0v) is 20.9. The van der Waals surface area contributed by atoms with Gasteiger partial charge in [-0.25, -0.2) is 0 Å². The van der Waals surface area contributed by atoms with E-state index < -0.39 is 5.41 Å². The zero-order valence-electron chi connectivity index (χ0n) is 20.9. The van der Waals surface area contributed by atoms with E-state index >= 15 is 0 Å². The Bertz CT molecular complexity index is 923. The second kappa shape index (κ2) is 8.43. The zero-order chi connectivity index (χ0) is 23.4. The maximum atomic E-state index is 13.5. The molecule has 4 heteroatoms. The lowest BCUT2D eigenvalue weighted by Crippen LogP contribution is -2.57. The summed E-state index contributed by atoms with van der Waals surface area (Å²) in [7, 11) is 0. The van der Waals surface area contributed by atoms with Gasteiger partial charge in [-0.1, -0.05) is 44.9 Å². The fourth-order valence-electron chi connectivity index (χ4n) is 8.23. The molecule has 1 aromatic carbocycles. The fourth-order valence-corrected chi connectivity index (χ4v) is 8.23. The lowest BCUT2D eigenvalue weighted by molar-refractivity contribution is -0.175. The van der Waals surface area contributed by atoms with Gasteiger partial charge in [-0.2, -0.15) is 0 Å². The van der Waals surface area contributed by atoms with Crippen molar-refractivity contribution in [1.82, 2.24) is 5.32 Å². The standard InChI is InChI=1S/C29H41NO3/c1-18-8-9-24(10-20(18)3)28-12-22-11-23(13-28)15-29(14-22,17-28)27(32)33-16-26(31)30-25-7-5-6-19(2)21(25)4/h8-10,19,21-23,25H,5-7,11-17H2,1-4H3,(H,30,31)/t19-,21+,22+,23+,25+,28?,29?/m0/s1. The highest BCUT2D eigenvalue weighted by atomic mass is 16.5. The molecule has 180 valence electrons. The number of hydrogen-bond donors (Lipinski definition) is 1. The van der Waals surface area contributed by atoms with Crippen molar-refractivity contribution >= 4 is 11.9 Å². The van der Waals surface area contributed by atoms with Crippen molar-refractivity contribution in [3.8, 4) is 0 Å². The van der Waals surface area contributed by atoms with Crippen LogP contribution < -0.4 is 5.32 Å². The smallest absolute Gasteiger partial charge is 0.312 e. The van der Waals surface area contributed by atoms with E-state index in [9.17, 15) is 9.59 Å². The lowest BCUT2D eigenvalue weighted by Gasteiger charge is -2.61. The summed E-state index contributed by atoms with van der Waals surface area (Å²) in [6, 6.07) is 7.11. The molecule has 0 radical (unpaired) electrons. The maximum Gasteiger partial charge on any atom is 0.312 e. The highest BCUT2D eigenvalue weighted by molar-refractivity contribution is 5.83. The van der Waals surface area contributed by atoms with Gasteiger partial charge in [-0.05, 0) is 105 Å². The van der Waals surface area contributed by atoms with Crippen LogP contribution in [0.15, 0.2) is 18.2 Å². The van der Waals surface area contributed by atoms with Gasteiger partial charge in [0.25, 0.3) is 5.91 Å².